The third-order valence-corrected chi connectivity index (χ3v) is 5.03. The van der Waals surface area contributed by atoms with Crippen molar-refractivity contribution >= 4 is 45.3 Å². The lowest BCUT2D eigenvalue weighted by Crippen LogP contribution is -2.24. The lowest BCUT2D eigenvalue weighted by Gasteiger charge is -2.12. The van der Waals surface area contributed by atoms with Gasteiger partial charge in [0.1, 0.15) is 5.25 Å². The number of nitrogens with zero attached hydrogens (tertiary/aromatic N) is 1. The van der Waals surface area contributed by atoms with E-state index in [1.54, 1.807) is 13.8 Å². The minimum Gasteiger partial charge on any atom is -0.466 e. The Balaban J connectivity index is 2.13. The maximum absolute atomic E-state index is 12.0. The lowest BCUT2D eigenvalue weighted by molar-refractivity contribution is -0.149. The fourth-order valence-electron chi connectivity index (χ4n) is 1.80. The number of benzene rings is 1. The van der Waals surface area contributed by atoms with Crippen LogP contribution in [0.2, 0.25) is 0 Å². The fraction of sp³-hybridized carbons (Fsp3) is 0.400. The summed E-state index contributed by atoms with van der Waals surface area (Å²) in [6, 6.07) is 7.75. The number of thiazole rings is 1. The van der Waals surface area contributed by atoms with Crippen molar-refractivity contribution < 1.29 is 19.1 Å². The minimum atomic E-state index is -0.639. The molecular weight excluding hydrogens is 322 g/mol. The molecule has 22 heavy (non-hydrogen) atoms. The van der Waals surface area contributed by atoms with Crippen molar-refractivity contribution in [2.24, 2.45) is 0 Å². The molecule has 0 fully saturated rings. The molecule has 2 rings (SSSR count). The van der Waals surface area contributed by atoms with Gasteiger partial charge in [0.15, 0.2) is 4.34 Å². The molecule has 0 saturated heterocycles. The smallest absolute Gasteiger partial charge is 0.320 e. The zero-order valence-corrected chi connectivity index (χ0v) is 14.0. The van der Waals surface area contributed by atoms with Gasteiger partial charge in [-0.25, -0.2) is 4.98 Å². The lowest BCUT2D eigenvalue weighted by atomic mass is 10.3. The Morgan fingerprint density at radius 3 is 2.64 bits per heavy atom. The highest BCUT2D eigenvalue weighted by molar-refractivity contribution is 8.02. The van der Waals surface area contributed by atoms with Gasteiger partial charge < -0.3 is 9.47 Å². The number of hydrogen-bond donors (Lipinski definition) is 0. The SMILES string of the molecule is CCOC(=O)CC(Sc1nc2ccccc2s1)C(=O)OCC. The van der Waals surface area contributed by atoms with Crippen LogP contribution in [0.25, 0.3) is 10.2 Å². The molecule has 0 spiro atoms. The second-order valence-electron chi connectivity index (χ2n) is 4.32. The number of thioether (sulfide) groups is 1. The van der Waals surface area contributed by atoms with Crippen LogP contribution < -0.4 is 0 Å². The molecule has 0 N–H and O–H groups in total. The van der Waals surface area contributed by atoms with Gasteiger partial charge in [0.2, 0.25) is 0 Å². The maximum Gasteiger partial charge on any atom is 0.320 e. The Labute approximate surface area is 137 Å². The number of para-hydroxylation sites is 1. The van der Waals surface area contributed by atoms with Crippen LogP contribution in [-0.4, -0.2) is 35.4 Å². The van der Waals surface area contributed by atoms with Gasteiger partial charge in [0, 0.05) is 0 Å². The summed E-state index contributed by atoms with van der Waals surface area (Å²) in [5, 5.41) is -0.639. The van der Waals surface area contributed by atoms with Crippen LogP contribution in [0.15, 0.2) is 28.6 Å². The predicted octanol–water partition coefficient (Wildman–Crippen LogP) is 3.27. The van der Waals surface area contributed by atoms with E-state index in [2.05, 4.69) is 4.98 Å². The van der Waals surface area contributed by atoms with Gasteiger partial charge in [0.05, 0.1) is 29.9 Å². The average Bonchev–Trinajstić information content (AvgIpc) is 2.89. The Kier molecular flexibility index (Phi) is 6.21. The highest BCUT2D eigenvalue weighted by Crippen LogP contribution is 2.33. The van der Waals surface area contributed by atoms with E-state index < -0.39 is 17.2 Å². The Hall–Kier alpha value is -1.60. The van der Waals surface area contributed by atoms with E-state index in [0.717, 1.165) is 14.6 Å². The van der Waals surface area contributed by atoms with Crippen LogP contribution in [0.5, 0.6) is 0 Å². The molecule has 1 aromatic heterocycles. The molecule has 0 radical (unpaired) electrons. The van der Waals surface area contributed by atoms with Crippen molar-refractivity contribution in [2.75, 3.05) is 13.2 Å². The standard InChI is InChI=1S/C15H17NO4S2/c1-3-19-13(17)9-12(14(18)20-4-2)22-15-16-10-7-5-6-8-11(10)21-15/h5-8,12H,3-4,9H2,1-2H3. The van der Waals surface area contributed by atoms with Crippen molar-refractivity contribution in [3.05, 3.63) is 24.3 Å². The van der Waals surface area contributed by atoms with Crippen LogP contribution in [-0.2, 0) is 19.1 Å². The van der Waals surface area contributed by atoms with Gasteiger partial charge in [-0.3, -0.25) is 9.59 Å². The van der Waals surface area contributed by atoms with Crippen LogP contribution in [0.1, 0.15) is 20.3 Å². The van der Waals surface area contributed by atoms with Gasteiger partial charge >= 0.3 is 11.9 Å². The van der Waals surface area contributed by atoms with Crippen molar-refractivity contribution in [3.63, 3.8) is 0 Å². The third kappa shape index (κ3) is 4.45. The van der Waals surface area contributed by atoms with Crippen molar-refractivity contribution in [3.8, 4) is 0 Å². The molecule has 0 saturated carbocycles. The molecule has 7 heteroatoms. The molecule has 0 amide bonds. The normalized spacial score (nSPS) is 12.1. The summed E-state index contributed by atoms with van der Waals surface area (Å²) in [7, 11) is 0. The molecule has 1 atom stereocenters. The molecule has 5 nitrogen and oxygen atoms in total. The number of esters is 2. The number of carbonyl (C=O) groups excluding carboxylic acids is 2. The van der Waals surface area contributed by atoms with E-state index in [9.17, 15) is 9.59 Å². The largest absolute Gasteiger partial charge is 0.466 e. The molecular formula is C15H17NO4S2. The van der Waals surface area contributed by atoms with Crippen LogP contribution in [0.4, 0.5) is 0 Å². The second kappa shape index (κ2) is 8.14. The summed E-state index contributed by atoms with van der Waals surface area (Å²) >= 11 is 2.74. The molecule has 118 valence electrons. The Morgan fingerprint density at radius 1 is 1.23 bits per heavy atom. The van der Waals surface area contributed by atoms with Crippen molar-refractivity contribution in [2.45, 2.75) is 29.9 Å². The number of aromatic nitrogens is 1. The number of hydrogen-bond acceptors (Lipinski definition) is 7. The summed E-state index contributed by atoms with van der Waals surface area (Å²) in [5.41, 5.74) is 0.883. The molecule has 0 aliphatic carbocycles. The molecule has 1 unspecified atom stereocenters. The first kappa shape index (κ1) is 16.8. The summed E-state index contributed by atoms with van der Waals surface area (Å²) in [4.78, 5) is 28.2. The van der Waals surface area contributed by atoms with Gasteiger partial charge in [-0.05, 0) is 26.0 Å². The Bertz CT molecular complexity index is 623. The van der Waals surface area contributed by atoms with E-state index >= 15 is 0 Å². The van der Waals surface area contributed by atoms with E-state index in [-0.39, 0.29) is 13.0 Å². The summed E-state index contributed by atoms with van der Waals surface area (Å²) in [6.07, 6.45) is -0.0206. The number of ether oxygens (including phenoxy) is 2. The van der Waals surface area contributed by atoms with Crippen molar-refractivity contribution in [1.29, 1.82) is 0 Å². The molecule has 0 bridgehead atoms. The number of carbonyl (C=O) groups is 2. The quantitative estimate of drug-likeness (QED) is 0.570. The van der Waals surface area contributed by atoms with Crippen LogP contribution in [0, 0.1) is 0 Å². The molecule has 0 aliphatic heterocycles. The molecule has 1 aromatic carbocycles. The van der Waals surface area contributed by atoms with E-state index in [0.29, 0.717) is 6.61 Å². The molecule has 2 aromatic rings. The van der Waals surface area contributed by atoms with E-state index in [4.69, 9.17) is 9.47 Å². The van der Waals surface area contributed by atoms with Gasteiger partial charge in [-0.15, -0.1) is 11.3 Å². The first-order chi connectivity index (χ1) is 10.6. The highest BCUT2D eigenvalue weighted by atomic mass is 32.2. The van der Waals surface area contributed by atoms with Crippen LogP contribution >= 0.6 is 23.1 Å². The fourth-order valence-corrected chi connectivity index (χ4v) is 4.09. The average molecular weight is 339 g/mol. The van der Waals surface area contributed by atoms with Gasteiger partial charge in [-0.2, -0.15) is 0 Å². The third-order valence-electron chi connectivity index (χ3n) is 2.72. The van der Waals surface area contributed by atoms with Crippen LogP contribution in [0.3, 0.4) is 0 Å². The van der Waals surface area contributed by atoms with E-state index in [1.807, 2.05) is 24.3 Å². The predicted molar refractivity (Wildman–Crippen MR) is 87.1 cm³/mol. The summed E-state index contributed by atoms with van der Waals surface area (Å²) < 4.78 is 11.7. The first-order valence-electron chi connectivity index (χ1n) is 6.98. The van der Waals surface area contributed by atoms with E-state index in [1.165, 1.54) is 23.1 Å². The Morgan fingerprint density at radius 2 is 1.95 bits per heavy atom. The highest BCUT2D eigenvalue weighted by Gasteiger charge is 2.26. The summed E-state index contributed by atoms with van der Waals surface area (Å²) in [5.74, 6) is -0.825. The van der Waals surface area contributed by atoms with Gasteiger partial charge in [-0.1, -0.05) is 23.9 Å². The van der Waals surface area contributed by atoms with Gasteiger partial charge in [0.25, 0.3) is 0 Å². The van der Waals surface area contributed by atoms with Crippen molar-refractivity contribution in [1.82, 2.24) is 4.98 Å². The molecule has 1 heterocycles. The minimum absolute atomic E-state index is 0.0206. The monoisotopic (exact) mass is 339 g/mol. The maximum atomic E-state index is 12.0. The zero-order valence-electron chi connectivity index (χ0n) is 12.4. The second-order valence-corrected chi connectivity index (χ2v) is 6.80. The molecule has 0 aliphatic rings. The number of rotatable bonds is 7. The number of fused-ring (bicyclic) bond motifs is 1. The zero-order chi connectivity index (χ0) is 15.9. The first-order valence-corrected chi connectivity index (χ1v) is 8.68. The summed E-state index contributed by atoms with van der Waals surface area (Å²) in [6.45, 7) is 4.04. The topological polar surface area (TPSA) is 65.5 Å².